The molecule has 0 aromatic heterocycles. The molecule has 0 aliphatic carbocycles. The van der Waals surface area contributed by atoms with Crippen LogP contribution >= 0.6 is 11.8 Å². The van der Waals surface area contributed by atoms with Gasteiger partial charge in [0.2, 0.25) is 0 Å². The Bertz CT molecular complexity index is 647. The highest BCUT2D eigenvalue weighted by Gasteiger charge is 2.28. The molecule has 2 nitrogen and oxygen atoms in total. The average molecular weight is 287 g/mol. The number of anilines is 2. The fraction of sp³-hybridized carbons (Fsp3) is 0.188. The molecule has 2 aromatic carbocycles. The summed E-state index contributed by atoms with van der Waals surface area (Å²) >= 11 is 1.62. The molecule has 1 heterocycles. The Morgan fingerprint density at radius 3 is 2.00 bits per heavy atom. The van der Waals surface area contributed by atoms with Crippen molar-refractivity contribution in [1.82, 2.24) is 0 Å². The highest BCUT2D eigenvalue weighted by atomic mass is 32.2. The molecule has 0 saturated carbocycles. The van der Waals surface area contributed by atoms with Crippen LogP contribution in [0.15, 0.2) is 46.2 Å². The highest BCUT2D eigenvalue weighted by molar-refractivity contribution is 7.99. The predicted molar refractivity (Wildman–Crippen MR) is 79.6 cm³/mol. The molecule has 102 valence electrons. The molecule has 3 rings (SSSR count). The summed E-state index contributed by atoms with van der Waals surface area (Å²) in [6, 6.07) is 11.8. The number of alkyl halides is 1. The van der Waals surface area contributed by atoms with Gasteiger partial charge in [-0.05, 0) is 49.2 Å². The molecule has 0 unspecified atom stereocenters. The Morgan fingerprint density at radius 2 is 1.55 bits per heavy atom. The Balaban J connectivity index is 2.23. The van der Waals surface area contributed by atoms with E-state index in [1.165, 1.54) is 4.90 Å². The minimum atomic E-state index is -0.995. The summed E-state index contributed by atoms with van der Waals surface area (Å²) in [5, 5.41) is 0. The second kappa shape index (κ2) is 4.94. The highest BCUT2D eigenvalue weighted by Crippen LogP contribution is 2.48. The van der Waals surface area contributed by atoms with Crippen molar-refractivity contribution in [1.29, 1.82) is 0 Å². The number of carbonyl (C=O) groups is 1. The first-order valence-corrected chi connectivity index (χ1v) is 7.20. The average Bonchev–Trinajstić information content (AvgIpc) is 2.44. The van der Waals surface area contributed by atoms with Gasteiger partial charge in [-0.1, -0.05) is 23.9 Å². The Hall–Kier alpha value is -1.81. The van der Waals surface area contributed by atoms with E-state index in [9.17, 15) is 9.18 Å². The lowest BCUT2D eigenvalue weighted by Crippen LogP contribution is -2.29. The van der Waals surface area contributed by atoms with Crippen LogP contribution in [0.2, 0.25) is 0 Å². The van der Waals surface area contributed by atoms with E-state index < -0.39 is 12.6 Å². The molecule has 0 atom stereocenters. The zero-order valence-electron chi connectivity index (χ0n) is 11.3. The number of amides is 1. The van der Waals surface area contributed by atoms with Crippen molar-refractivity contribution in [3.8, 4) is 0 Å². The van der Waals surface area contributed by atoms with Crippen LogP contribution in [0.4, 0.5) is 15.8 Å². The van der Waals surface area contributed by atoms with Crippen LogP contribution in [0.3, 0.4) is 0 Å². The van der Waals surface area contributed by atoms with Crippen LogP contribution in [0.25, 0.3) is 0 Å². The molecule has 0 saturated heterocycles. The van der Waals surface area contributed by atoms with Gasteiger partial charge in [-0.15, -0.1) is 0 Å². The minimum absolute atomic E-state index is 0.524. The number of fused-ring (bicyclic) bond motifs is 2. The van der Waals surface area contributed by atoms with Crippen molar-refractivity contribution in [3.05, 3.63) is 47.5 Å². The van der Waals surface area contributed by atoms with Crippen molar-refractivity contribution in [2.24, 2.45) is 0 Å². The number of rotatable bonds is 1. The van der Waals surface area contributed by atoms with Gasteiger partial charge in [0, 0.05) is 9.79 Å². The number of carbonyl (C=O) groups excluding carboxylic acids is 1. The maximum Gasteiger partial charge on any atom is 0.263 e. The van der Waals surface area contributed by atoms with Gasteiger partial charge in [-0.25, -0.2) is 4.39 Å². The van der Waals surface area contributed by atoms with Crippen molar-refractivity contribution in [3.63, 3.8) is 0 Å². The molecule has 0 radical (unpaired) electrons. The molecule has 0 N–H and O–H groups in total. The summed E-state index contributed by atoms with van der Waals surface area (Å²) in [6.07, 6.45) is 0. The molecular weight excluding hydrogens is 273 g/mol. The summed E-state index contributed by atoms with van der Waals surface area (Å²) in [6.45, 7) is 2.94. The molecule has 1 aliphatic rings. The maximum absolute atomic E-state index is 13.0. The van der Waals surface area contributed by atoms with Crippen LogP contribution in [0.5, 0.6) is 0 Å². The third-order valence-electron chi connectivity index (χ3n) is 3.29. The summed E-state index contributed by atoms with van der Waals surface area (Å²) in [7, 11) is 0. The van der Waals surface area contributed by atoms with Crippen LogP contribution in [-0.2, 0) is 4.79 Å². The van der Waals surface area contributed by atoms with Gasteiger partial charge >= 0.3 is 0 Å². The fourth-order valence-corrected chi connectivity index (χ4v) is 3.37. The zero-order chi connectivity index (χ0) is 14.3. The molecule has 0 fully saturated rings. The second-order valence-corrected chi connectivity index (χ2v) is 5.99. The van der Waals surface area contributed by atoms with Gasteiger partial charge in [-0.2, -0.15) is 0 Å². The first-order valence-electron chi connectivity index (χ1n) is 6.38. The van der Waals surface area contributed by atoms with E-state index in [4.69, 9.17) is 0 Å². The summed E-state index contributed by atoms with van der Waals surface area (Å²) in [5.74, 6) is -0.524. The SMILES string of the molecule is Cc1ccc2c(c1)N(C(=O)CF)c1cc(C)ccc1S2. The van der Waals surface area contributed by atoms with E-state index in [0.717, 1.165) is 32.3 Å². The Morgan fingerprint density at radius 1 is 1.05 bits per heavy atom. The third-order valence-corrected chi connectivity index (χ3v) is 4.42. The van der Waals surface area contributed by atoms with E-state index in [1.807, 2.05) is 50.2 Å². The predicted octanol–water partition coefficient (Wildman–Crippen LogP) is 4.40. The standard InChI is InChI=1S/C16H14FNOS/c1-10-3-5-14-12(7-10)18(16(19)9-17)13-8-11(2)4-6-15(13)20-14/h3-8H,9H2,1-2H3. The van der Waals surface area contributed by atoms with Crippen molar-refractivity contribution in [2.75, 3.05) is 11.6 Å². The lowest BCUT2D eigenvalue weighted by Gasteiger charge is -2.31. The van der Waals surface area contributed by atoms with Gasteiger partial charge in [-0.3, -0.25) is 9.69 Å². The Kier molecular flexibility index (Phi) is 3.26. The molecule has 0 bridgehead atoms. The first kappa shape index (κ1) is 13.2. The molecule has 4 heteroatoms. The molecule has 1 aliphatic heterocycles. The number of benzene rings is 2. The molecule has 0 spiro atoms. The zero-order valence-corrected chi connectivity index (χ0v) is 12.1. The first-order chi connectivity index (χ1) is 9.60. The number of hydrogen-bond donors (Lipinski definition) is 0. The van der Waals surface area contributed by atoms with E-state index in [1.54, 1.807) is 11.8 Å². The van der Waals surface area contributed by atoms with E-state index in [2.05, 4.69) is 0 Å². The van der Waals surface area contributed by atoms with Crippen LogP contribution in [-0.4, -0.2) is 12.6 Å². The maximum atomic E-state index is 13.0. The van der Waals surface area contributed by atoms with Gasteiger partial charge in [0.25, 0.3) is 5.91 Å². The lowest BCUT2D eigenvalue weighted by atomic mass is 10.1. The monoisotopic (exact) mass is 287 g/mol. The van der Waals surface area contributed by atoms with Crippen molar-refractivity contribution < 1.29 is 9.18 Å². The number of nitrogens with zero attached hydrogens (tertiary/aromatic N) is 1. The number of hydrogen-bond acceptors (Lipinski definition) is 2. The minimum Gasteiger partial charge on any atom is -0.276 e. The van der Waals surface area contributed by atoms with Crippen LogP contribution < -0.4 is 4.90 Å². The smallest absolute Gasteiger partial charge is 0.263 e. The lowest BCUT2D eigenvalue weighted by molar-refractivity contribution is -0.118. The molecule has 2 aromatic rings. The largest absolute Gasteiger partial charge is 0.276 e. The molecular formula is C16H14FNOS. The molecule has 20 heavy (non-hydrogen) atoms. The van der Waals surface area contributed by atoms with E-state index in [-0.39, 0.29) is 0 Å². The van der Waals surface area contributed by atoms with Crippen molar-refractivity contribution >= 4 is 29.0 Å². The third kappa shape index (κ3) is 2.10. The van der Waals surface area contributed by atoms with Crippen LogP contribution in [0, 0.1) is 13.8 Å². The fourth-order valence-electron chi connectivity index (χ4n) is 2.35. The second-order valence-electron chi connectivity index (χ2n) is 4.91. The van der Waals surface area contributed by atoms with Gasteiger partial charge < -0.3 is 0 Å². The van der Waals surface area contributed by atoms with E-state index >= 15 is 0 Å². The van der Waals surface area contributed by atoms with Gasteiger partial charge in [0.15, 0.2) is 6.67 Å². The topological polar surface area (TPSA) is 20.3 Å². The van der Waals surface area contributed by atoms with Gasteiger partial charge in [0.1, 0.15) is 0 Å². The summed E-state index contributed by atoms with van der Waals surface area (Å²) in [4.78, 5) is 15.5. The molecule has 1 amide bonds. The quantitative estimate of drug-likeness (QED) is 0.774. The Labute approximate surface area is 121 Å². The van der Waals surface area contributed by atoms with Crippen molar-refractivity contribution in [2.45, 2.75) is 23.6 Å². The summed E-state index contributed by atoms with van der Waals surface area (Å²) in [5.41, 5.74) is 3.65. The van der Waals surface area contributed by atoms with E-state index in [0.29, 0.717) is 0 Å². The summed E-state index contributed by atoms with van der Waals surface area (Å²) < 4.78 is 13.0. The van der Waals surface area contributed by atoms with Gasteiger partial charge in [0.05, 0.1) is 11.4 Å². The van der Waals surface area contributed by atoms with Crippen LogP contribution in [0.1, 0.15) is 11.1 Å². The normalized spacial score (nSPS) is 12.8. The number of halogens is 1. The number of aryl methyl sites for hydroxylation is 2.